The summed E-state index contributed by atoms with van der Waals surface area (Å²) in [6.07, 6.45) is 4.72. The first-order chi connectivity index (χ1) is 16.2. The van der Waals surface area contributed by atoms with E-state index in [0.29, 0.717) is 23.5 Å². The van der Waals surface area contributed by atoms with Crippen LogP contribution >= 0.6 is 0 Å². The molecule has 1 aliphatic carbocycles. The molecule has 0 amide bonds. The maximum Gasteiger partial charge on any atom is 0.324 e. The van der Waals surface area contributed by atoms with E-state index < -0.39 is 0 Å². The number of nitrogens with one attached hydrogen (secondary N) is 1. The summed E-state index contributed by atoms with van der Waals surface area (Å²) in [5, 5.41) is 5.67. The van der Waals surface area contributed by atoms with Crippen molar-refractivity contribution in [2.75, 3.05) is 5.32 Å². The Morgan fingerprint density at radius 2 is 1.64 bits per heavy atom. The number of ether oxygens (including phenoxy) is 1. The fourth-order valence-electron chi connectivity index (χ4n) is 4.30. The van der Waals surface area contributed by atoms with E-state index in [-0.39, 0.29) is 6.04 Å². The van der Waals surface area contributed by atoms with Gasteiger partial charge in [0.15, 0.2) is 0 Å². The normalized spacial score (nSPS) is 17.5. The Labute approximate surface area is 192 Å². The second-order valence-corrected chi connectivity index (χ2v) is 8.63. The number of hydrogen-bond acceptors (Lipinski definition) is 5. The van der Waals surface area contributed by atoms with Crippen LogP contribution in [0, 0.1) is 5.92 Å². The molecular formula is C28H24N4O. The van der Waals surface area contributed by atoms with E-state index in [1.54, 1.807) is 0 Å². The first kappa shape index (κ1) is 19.7. The van der Waals surface area contributed by atoms with Crippen LogP contribution < -0.4 is 10.1 Å². The van der Waals surface area contributed by atoms with Gasteiger partial charge in [-0.15, -0.1) is 0 Å². The average molecular weight is 433 g/mol. The van der Waals surface area contributed by atoms with Crippen LogP contribution in [-0.2, 0) is 0 Å². The lowest BCUT2D eigenvalue weighted by molar-refractivity contribution is 0.444. The minimum atomic E-state index is 0.226. The van der Waals surface area contributed by atoms with Gasteiger partial charge in [0.05, 0.1) is 11.7 Å². The number of benzene rings is 3. The maximum atomic E-state index is 6.13. The van der Waals surface area contributed by atoms with E-state index in [1.807, 2.05) is 66.7 Å². The zero-order valence-corrected chi connectivity index (χ0v) is 18.4. The van der Waals surface area contributed by atoms with E-state index in [4.69, 9.17) is 14.7 Å². The lowest BCUT2D eigenvalue weighted by atomic mass is 10.1. The minimum Gasteiger partial charge on any atom is -0.424 e. The van der Waals surface area contributed by atoms with Gasteiger partial charge < -0.3 is 10.1 Å². The summed E-state index contributed by atoms with van der Waals surface area (Å²) in [4.78, 5) is 14.1. The van der Waals surface area contributed by atoms with Crippen LogP contribution in [0.1, 0.15) is 19.8 Å². The molecule has 0 saturated heterocycles. The molecule has 0 bridgehead atoms. The van der Waals surface area contributed by atoms with Crippen LogP contribution in [0.3, 0.4) is 0 Å². The van der Waals surface area contributed by atoms with E-state index in [2.05, 4.69) is 35.4 Å². The molecule has 1 unspecified atom stereocenters. The third-order valence-corrected chi connectivity index (χ3v) is 6.13. The van der Waals surface area contributed by atoms with Crippen LogP contribution in [0.4, 0.5) is 5.82 Å². The molecule has 1 saturated carbocycles. The van der Waals surface area contributed by atoms with Gasteiger partial charge in [0.2, 0.25) is 0 Å². The van der Waals surface area contributed by atoms with Gasteiger partial charge in [-0.25, -0.2) is 0 Å². The number of fused-ring (bicyclic) bond motifs is 1. The fourth-order valence-corrected chi connectivity index (χ4v) is 4.30. The Morgan fingerprint density at radius 1 is 0.848 bits per heavy atom. The smallest absolute Gasteiger partial charge is 0.324 e. The minimum absolute atomic E-state index is 0.226. The Morgan fingerprint density at radius 3 is 2.45 bits per heavy atom. The summed E-state index contributed by atoms with van der Waals surface area (Å²) in [6.45, 7) is 2.16. The molecule has 5 nitrogen and oxygen atoms in total. The summed E-state index contributed by atoms with van der Waals surface area (Å²) in [6, 6.07) is 26.7. The molecule has 1 aliphatic heterocycles. The third-order valence-electron chi connectivity index (χ3n) is 6.13. The summed E-state index contributed by atoms with van der Waals surface area (Å²) >= 11 is 0. The van der Waals surface area contributed by atoms with Crippen molar-refractivity contribution in [3.05, 3.63) is 90.5 Å². The Kier molecular flexibility index (Phi) is 4.87. The Balaban J connectivity index is 1.34. The standard InChI is InChI=1S/C28H24N4O/c1-18-24(20-11-12-20)16-26(29-18)31-27-17-25(21-8-3-2-4-9-21)30-28(32-27)33-23-14-13-19-7-5-6-10-22(19)15-23/h2-10,13-18,20H,11-12H2,1H3,(H,29,30,31,32). The lowest BCUT2D eigenvalue weighted by Crippen LogP contribution is -2.10. The zero-order chi connectivity index (χ0) is 22.2. The van der Waals surface area contributed by atoms with Gasteiger partial charge in [0.1, 0.15) is 17.4 Å². The molecule has 2 aliphatic rings. The highest BCUT2D eigenvalue weighted by atomic mass is 16.5. The number of aliphatic imine (C=N–C) groups is 1. The van der Waals surface area contributed by atoms with E-state index in [0.717, 1.165) is 27.9 Å². The molecular weight excluding hydrogens is 408 g/mol. The summed E-state index contributed by atoms with van der Waals surface area (Å²) in [5.41, 5.74) is 3.21. The maximum absolute atomic E-state index is 6.13. The Hall–Kier alpha value is -3.99. The summed E-state index contributed by atoms with van der Waals surface area (Å²) < 4.78 is 6.13. The number of nitrogens with zero attached hydrogens (tertiary/aromatic N) is 3. The van der Waals surface area contributed by atoms with Crippen LogP contribution in [0.15, 0.2) is 95.5 Å². The van der Waals surface area contributed by atoms with Gasteiger partial charge in [0.25, 0.3) is 0 Å². The SMILES string of the molecule is CC1N=C(Nc2cc(-c3ccccc3)nc(Oc3ccc4ccccc4c3)n2)C=C1C1CC1. The van der Waals surface area contributed by atoms with Crippen molar-refractivity contribution in [3.63, 3.8) is 0 Å². The zero-order valence-electron chi connectivity index (χ0n) is 18.4. The topological polar surface area (TPSA) is 59.4 Å². The van der Waals surface area contributed by atoms with Crippen molar-refractivity contribution in [1.29, 1.82) is 0 Å². The Bertz CT molecular complexity index is 1390. The van der Waals surface area contributed by atoms with Gasteiger partial charge in [-0.2, -0.15) is 9.97 Å². The molecule has 2 heterocycles. The van der Waals surface area contributed by atoms with Crippen LogP contribution in [0.5, 0.6) is 11.8 Å². The molecule has 6 rings (SSSR count). The molecule has 1 N–H and O–H groups in total. The summed E-state index contributed by atoms with van der Waals surface area (Å²) in [5.74, 6) is 2.91. The molecule has 4 aromatic rings. The van der Waals surface area contributed by atoms with Crippen molar-refractivity contribution in [3.8, 4) is 23.0 Å². The van der Waals surface area contributed by atoms with Crippen molar-refractivity contribution < 1.29 is 4.74 Å². The predicted molar refractivity (Wildman–Crippen MR) is 133 cm³/mol. The van der Waals surface area contributed by atoms with E-state index in [1.165, 1.54) is 18.4 Å². The highest BCUT2D eigenvalue weighted by Crippen LogP contribution is 2.40. The number of amidine groups is 1. The first-order valence-corrected chi connectivity index (χ1v) is 11.4. The quantitative estimate of drug-likeness (QED) is 0.384. The average Bonchev–Trinajstić information content (AvgIpc) is 3.62. The highest BCUT2D eigenvalue weighted by Gasteiger charge is 2.32. The number of aromatic nitrogens is 2. The van der Waals surface area contributed by atoms with Crippen molar-refractivity contribution >= 4 is 22.4 Å². The summed E-state index contributed by atoms with van der Waals surface area (Å²) in [7, 11) is 0. The van der Waals surface area contributed by atoms with E-state index >= 15 is 0 Å². The largest absolute Gasteiger partial charge is 0.424 e. The number of rotatable bonds is 5. The third kappa shape index (κ3) is 4.22. The first-order valence-electron chi connectivity index (χ1n) is 11.4. The molecule has 1 aromatic heterocycles. The molecule has 1 fully saturated rings. The van der Waals surface area contributed by atoms with Crippen LogP contribution in [0.25, 0.3) is 22.0 Å². The monoisotopic (exact) mass is 432 g/mol. The molecule has 0 spiro atoms. The van der Waals surface area contributed by atoms with Gasteiger partial charge in [-0.05, 0) is 60.2 Å². The van der Waals surface area contributed by atoms with Crippen molar-refractivity contribution in [2.45, 2.75) is 25.8 Å². The number of hydrogen-bond donors (Lipinski definition) is 1. The molecule has 3 aromatic carbocycles. The van der Waals surface area contributed by atoms with Crippen molar-refractivity contribution in [2.24, 2.45) is 10.9 Å². The van der Waals surface area contributed by atoms with Gasteiger partial charge in [-0.3, -0.25) is 4.99 Å². The van der Waals surface area contributed by atoms with Crippen molar-refractivity contribution in [1.82, 2.24) is 9.97 Å². The molecule has 1 atom stereocenters. The second-order valence-electron chi connectivity index (χ2n) is 8.63. The van der Waals surface area contributed by atoms with Crippen LogP contribution in [0.2, 0.25) is 0 Å². The van der Waals surface area contributed by atoms with Crippen LogP contribution in [-0.4, -0.2) is 21.8 Å². The van der Waals surface area contributed by atoms with E-state index in [9.17, 15) is 0 Å². The molecule has 33 heavy (non-hydrogen) atoms. The highest BCUT2D eigenvalue weighted by molar-refractivity contribution is 6.05. The second kappa shape index (κ2) is 8.17. The van der Waals surface area contributed by atoms with Gasteiger partial charge in [0, 0.05) is 11.6 Å². The molecule has 162 valence electrons. The number of anilines is 1. The molecule has 5 heteroatoms. The predicted octanol–water partition coefficient (Wildman–Crippen LogP) is 6.64. The lowest BCUT2D eigenvalue weighted by Gasteiger charge is -2.11. The van der Waals surface area contributed by atoms with Gasteiger partial charge in [-0.1, -0.05) is 60.7 Å². The fraction of sp³-hybridized carbons (Fsp3) is 0.179. The molecule has 0 radical (unpaired) electrons. The van der Waals surface area contributed by atoms with Gasteiger partial charge >= 0.3 is 6.01 Å².